The molecule has 0 radical (unpaired) electrons. The lowest BCUT2D eigenvalue weighted by Gasteiger charge is -2.32. The molecule has 2 rings (SSSR count). The number of phenols is 2. The first kappa shape index (κ1) is 14.7. The van der Waals surface area contributed by atoms with Crippen LogP contribution >= 0.6 is 0 Å². The van der Waals surface area contributed by atoms with Gasteiger partial charge in [0.1, 0.15) is 0 Å². The Morgan fingerprint density at radius 2 is 2.20 bits per heavy atom. The van der Waals surface area contributed by atoms with E-state index >= 15 is 0 Å². The molecule has 4 N–H and O–H groups in total. The van der Waals surface area contributed by atoms with Crippen molar-refractivity contribution in [1.82, 2.24) is 10.6 Å². The number of hydrogen-bond acceptors (Lipinski definition) is 4. The van der Waals surface area contributed by atoms with Crippen LogP contribution in [-0.4, -0.2) is 35.3 Å². The second-order valence-electron chi connectivity index (χ2n) is 5.28. The van der Waals surface area contributed by atoms with Crippen LogP contribution in [-0.2, 0) is 0 Å². The first-order valence-corrected chi connectivity index (χ1v) is 7.15. The predicted octanol–water partition coefficient (Wildman–Crippen LogP) is 1.61. The molecule has 0 spiro atoms. The van der Waals surface area contributed by atoms with Crippen molar-refractivity contribution < 1.29 is 15.0 Å². The fourth-order valence-corrected chi connectivity index (χ4v) is 2.72. The van der Waals surface area contributed by atoms with E-state index in [-0.39, 0.29) is 17.4 Å². The van der Waals surface area contributed by atoms with Crippen molar-refractivity contribution in [3.63, 3.8) is 0 Å². The third-order valence-corrected chi connectivity index (χ3v) is 3.97. The average molecular weight is 278 g/mol. The minimum atomic E-state index is -0.278. The number of amides is 1. The number of phenolic OH excluding ortho intramolecular Hbond substituents is 2. The first-order chi connectivity index (χ1) is 9.61. The summed E-state index contributed by atoms with van der Waals surface area (Å²) in [5.74, 6) is -0.138. The smallest absolute Gasteiger partial charge is 0.251 e. The quantitative estimate of drug-likeness (QED) is 0.631. The summed E-state index contributed by atoms with van der Waals surface area (Å²) in [4.78, 5) is 12.0. The molecular formula is C15H22N2O3. The average Bonchev–Trinajstić information content (AvgIpc) is 2.47. The van der Waals surface area contributed by atoms with Crippen LogP contribution in [0.5, 0.6) is 11.5 Å². The second-order valence-corrected chi connectivity index (χ2v) is 5.28. The van der Waals surface area contributed by atoms with Crippen LogP contribution in [0.3, 0.4) is 0 Å². The Bertz CT molecular complexity index is 476. The molecule has 1 saturated heterocycles. The Hall–Kier alpha value is -1.75. The molecule has 2 unspecified atom stereocenters. The number of nitrogens with one attached hydrogen (secondary N) is 2. The molecule has 1 aromatic rings. The second kappa shape index (κ2) is 6.61. The third kappa shape index (κ3) is 3.42. The standard InChI is InChI=1S/C15H22N2O3/c1-2-10-4-3-7-16-12(10)9-17-15(20)11-5-6-13(18)14(19)8-11/h5-6,8,10,12,16,18-19H,2-4,7,9H2,1H3,(H,17,20). The highest BCUT2D eigenvalue weighted by Crippen LogP contribution is 2.25. The zero-order valence-corrected chi connectivity index (χ0v) is 11.7. The molecule has 1 aliphatic heterocycles. The molecule has 1 aliphatic rings. The first-order valence-electron chi connectivity index (χ1n) is 7.15. The van der Waals surface area contributed by atoms with Gasteiger partial charge < -0.3 is 20.8 Å². The maximum absolute atomic E-state index is 12.0. The summed E-state index contributed by atoms with van der Waals surface area (Å²) in [6, 6.07) is 4.40. The van der Waals surface area contributed by atoms with Crippen LogP contribution in [0.2, 0.25) is 0 Å². The summed E-state index contributed by atoms with van der Waals surface area (Å²) in [5, 5.41) is 25.0. The van der Waals surface area contributed by atoms with Gasteiger partial charge in [-0.1, -0.05) is 13.3 Å². The fourth-order valence-electron chi connectivity index (χ4n) is 2.72. The van der Waals surface area contributed by atoms with Gasteiger partial charge in [0.2, 0.25) is 0 Å². The summed E-state index contributed by atoms with van der Waals surface area (Å²) in [6.45, 7) is 3.75. The van der Waals surface area contributed by atoms with Crippen LogP contribution in [0, 0.1) is 5.92 Å². The van der Waals surface area contributed by atoms with Crippen LogP contribution in [0.4, 0.5) is 0 Å². The van der Waals surface area contributed by atoms with Crippen molar-refractivity contribution >= 4 is 5.91 Å². The molecule has 110 valence electrons. The Kier molecular flexibility index (Phi) is 4.84. The van der Waals surface area contributed by atoms with Gasteiger partial charge in [0, 0.05) is 18.2 Å². The minimum Gasteiger partial charge on any atom is -0.504 e. The van der Waals surface area contributed by atoms with Crippen molar-refractivity contribution in [2.24, 2.45) is 5.92 Å². The number of piperidine rings is 1. The van der Waals surface area contributed by atoms with Gasteiger partial charge in [-0.15, -0.1) is 0 Å². The molecular weight excluding hydrogens is 256 g/mol. The maximum atomic E-state index is 12.0. The van der Waals surface area contributed by atoms with E-state index in [0.717, 1.165) is 13.0 Å². The van der Waals surface area contributed by atoms with E-state index in [4.69, 9.17) is 0 Å². The van der Waals surface area contributed by atoms with Gasteiger partial charge in [-0.2, -0.15) is 0 Å². The lowest BCUT2D eigenvalue weighted by molar-refractivity contribution is 0.0941. The molecule has 1 amide bonds. The lowest BCUT2D eigenvalue weighted by Crippen LogP contribution is -2.48. The summed E-state index contributed by atoms with van der Waals surface area (Å²) in [5.41, 5.74) is 0.351. The molecule has 5 nitrogen and oxygen atoms in total. The molecule has 0 saturated carbocycles. The fraction of sp³-hybridized carbons (Fsp3) is 0.533. The zero-order valence-electron chi connectivity index (χ0n) is 11.7. The molecule has 1 aromatic carbocycles. The summed E-state index contributed by atoms with van der Waals surface area (Å²) in [6.07, 6.45) is 3.49. The molecule has 1 heterocycles. The number of benzene rings is 1. The molecule has 1 fully saturated rings. The van der Waals surface area contributed by atoms with Crippen LogP contribution < -0.4 is 10.6 Å². The van der Waals surface area contributed by atoms with Gasteiger partial charge in [0.15, 0.2) is 11.5 Å². The van der Waals surface area contributed by atoms with Gasteiger partial charge in [0.05, 0.1) is 0 Å². The van der Waals surface area contributed by atoms with Crippen molar-refractivity contribution in [2.45, 2.75) is 32.2 Å². The van der Waals surface area contributed by atoms with Crippen molar-refractivity contribution in [3.8, 4) is 11.5 Å². The van der Waals surface area contributed by atoms with E-state index < -0.39 is 0 Å². The number of rotatable bonds is 4. The van der Waals surface area contributed by atoms with Crippen molar-refractivity contribution in [2.75, 3.05) is 13.1 Å². The Morgan fingerprint density at radius 3 is 2.90 bits per heavy atom. The number of hydrogen-bond donors (Lipinski definition) is 4. The zero-order chi connectivity index (χ0) is 14.5. The SMILES string of the molecule is CCC1CCCNC1CNC(=O)c1ccc(O)c(O)c1. The van der Waals surface area contributed by atoms with E-state index in [0.29, 0.717) is 24.1 Å². The van der Waals surface area contributed by atoms with E-state index in [1.807, 2.05) is 0 Å². The van der Waals surface area contributed by atoms with Crippen LogP contribution in [0.15, 0.2) is 18.2 Å². The highest BCUT2D eigenvalue weighted by Gasteiger charge is 2.23. The highest BCUT2D eigenvalue weighted by molar-refractivity contribution is 5.94. The molecule has 0 bridgehead atoms. The topological polar surface area (TPSA) is 81.6 Å². The Labute approximate surface area is 119 Å². The molecule has 0 aliphatic carbocycles. The highest BCUT2D eigenvalue weighted by atomic mass is 16.3. The lowest BCUT2D eigenvalue weighted by atomic mass is 9.88. The number of carbonyl (C=O) groups is 1. The number of aromatic hydroxyl groups is 2. The summed E-state index contributed by atoms with van der Waals surface area (Å²) >= 11 is 0. The Balaban J connectivity index is 1.92. The minimum absolute atomic E-state index is 0.221. The van der Waals surface area contributed by atoms with Crippen LogP contribution in [0.1, 0.15) is 36.5 Å². The maximum Gasteiger partial charge on any atom is 0.251 e. The van der Waals surface area contributed by atoms with Gasteiger partial charge in [-0.25, -0.2) is 0 Å². The number of carbonyl (C=O) groups excluding carboxylic acids is 1. The molecule has 0 aromatic heterocycles. The van der Waals surface area contributed by atoms with E-state index in [9.17, 15) is 15.0 Å². The molecule has 2 atom stereocenters. The summed E-state index contributed by atoms with van der Waals surface area (Å²) in [7, 11) is 0. The molecule has 5 heteroatoms. The van der Waals surface area contributed by atoms with Crippen molar-refractivity contribution in [3.05, 3.63) is 23.8 Å². The largest absolute Gasteiger partial charge is 0.504 e. The normalized spacial score (nSPS) is 22.4. The van der Waals surface area contributed by atoms with Gasteiger partial charge in [-0.05, 0) is 43.5 Å². The summed E-state index contributed by atoms with van der Waals surface area (Å²) < 4.78 is 0. The molecule has 20 heavy (non-hydrogen) atoms. The Morgan fingerprint density at radius 1 is 1.40 bits per heavy atom. The predicted molar refractivity (Wildman–Crippen MR) is 76.9 cm³/mol. The third-order valence-electron chi connectivity index (χ3n) is 3.97. The van der Waals surface area contributed by atoms with Crippen LogP contribution in [0.25, 0.3) is 0 Å². The van der Waals surface area contributed by atoms with Gasteiger partial charge in [0.25, 0.3) is 5.91 Å². The van der Waals surface area contributed by atoms with E-state index in [1.54, 1.807) is 0 Å². The van der Waals surface area contributed by atoms with Gasteiger partial charge in [-0.3, -0.25) is 4.79 Å². The van der Waals surface area contributed by atoms with Crippen molar-refractivity contribution in [1.29, 1.82) is 0 Å². The monoisotopic (exact) mass is 278 g/mol. The van der Waals surface area contributed by atoms with Gasteiger partial charge >= 0.3 is 0 Å². The van der Waals surface area contributed by atoms with E-state index in [2.05, 4.69) is 17.6 Å². The van der Waals surface area contributed by atoms with E-state index in [1.165, 1.54) is 31.0 Å².